The van der Waals surface area contributed by atoms with Gasteiger partial charge in [0, 0.05) is 49.0 Å². The van der Waals surface area contributed by atoms with Crippen molar-refractivity contribution in [2.24, 2.45) is 0 Å². The summed E-state index contributed by atoms with van der Waals surface area (Å²) in [6, 6.07) is 4.03. The van der Waals surface area contributed by atoms with E-state index in [0.717, 1.165) is 28.9 Å². The van der Waals surface area contributed by atoms with Gasteiger partial charge in [-0.1, -0.05) is 6.92 Å². The molecule has 1 aliphatic heterocycles. The molecule has 0 saturated heterocycles. The lowest BCUT2D eigenvalue weighted by molar-refractivity contribution is 0.169. The number of aromatic nitrogens is 2. The van der Waals surface area contributed by atoms with Gasteiger partial charge in [0.2, 0.25) is 0 Å². The number of pyridine rings is 2. The molecule has 3 rings (SSSR count). The molecule has 3 heterocycles. The van der Waals surface area contributed by atoms with E-state index in [-0.39, 0.29) is 0 Å². The van der Waals surface area contributed by atoms with E-state index < -0.39 is 6.10 Å². The molecule has 4 heteroatoms. The number of rotatable bonds is 3. The Bertz CT molecular complexity index is 724. The Balaban J connectivity index is 2.00. The van der Waals surface area contributed by atoms with Crippen LogP contribution in [0.4, 0.5) is 5.69 Å². The number of anilines is 1. The van der Waals surface area contributed by atoms with Gasteiger partial charge >= 0.3 is 0 Å². The summed E-state index contributed by atoms with van der Waals surface area (Å²) in [4.78, 5) is 10.9. The third kappa shape index (κ3) is 2.62. The first-order valence-corrected chi connectivity index (χ1v) is 7.61. The molecule has 0 aromatic carbocycles. The minimum atomic E-state index is -0.485. The number of hydrogen-bond acceptors (Lipinski definition) is 4. The SMILES string of the molecule is CCC(O)c1cc(C)c(C2=Cc3cnccc3N(C)C2)cn1. The summed E-state index contributed by atoms with van der Waals surface area (Å²) in [7, 11) is 2.09. The minimum absolute atomic E-state index is 0.485. The maximum absolute atomic E-state index is 9.93. The van der Waals surface area contributed by atoms with Crippen molar-refractivity contribution < 1.29 is 5.11 Å². The van der Waals surface area contributed by atoms with Crippen LogP contribution in [0.3, 0.4) is 0 Å². The summed E-state index contributed by atoms with van der Waals surface area (Å²) in [5.41, 5.74) is 6.57. The average molecular weight is 295 g/mol. The zero-order valence-electron chi connectivity index (χ0n) is 13.2. The molecular formula is C18H21N3O. The van der Waals surface area contributed by atoms with Crippen LogP contribution in [0.15, 0.2) is 30.7 Å². The number of fused-ring (bicyclic) bond motifs is 1. The standard InChI is InChI=1S/C18H21N3O/c1-4-18(22)16-7-12(2)15(10-20-16)14-8-13-9-19-6-5-17(13)21(3)11-14/h5-10,18,22H,4,11H2,1-3H3. The first-order valence-electron chi connectivity index (χ1n) is 7.61. The Morgan fingerprint density at radius 1 is 1.36 bits per heavy atom. The molecule has 22 heavy (non-hydrogen) atoms. The number of likely N-dealkylation sites (N-methyl/N-ethyl adjacent to an activating group) is 1. The quantitative estimate of drug-likeness (QED) is 0.944. The summed E-state index contributed by atoms with van der Waals surface area (Å²) in [5.74, 6) is 0. The second-order valence-electron chi connectivity index (χ2n) is 5.81. The van der Waals surface area contributed by atoms with Gasteiger partial charge in [0.1, 0.15) is 0 Å². The molecular weight excluding hydrogens is 274 g/mol. The third-order valence-corrected chi connectivity index (χ3v) is 4.18. The number of aliphatic hydroxyl groups is 1. The average Bonchev–Trinajstić information content (AvgIpc) is 2.54. The molecule has 1 aliphatic rings. The lowest BCUT2D eigenvalue weighted by Crippen LogP contribution is -2.23. The highest BCUT2D eigenvalue weighted by molar-refractivity contribution is 5.91. The predicted octanol–water partition coefficient (Wildman–Crippen LogP) is 3.22. The van der Waals surface area contributed by atoms with E-state index in [9.17, 15) is 5.11 Å². The first kappa shape index (κ1) is 14.7. The Morgan fingerprint density at radius 3 is 2.91 bits per heavy atom. The van der Waals surface area contributed by atoms with Crippen LogP contribution in [0.5, 0.6) is 0 Å². The second-order valence-corrected chi connectivity index (χ2v) is 5.81. The molecule has 0 radical (unpaired) electrons. The lowest BCUT2D eigenvalue weighted by atomic mass is 9.96. The number of aliphatic hydroxyl groups excluding tert-OH is 1. The van der Waals surface area contributed by atoms with E-state index >= 15 is 0 Å². The maximum atomic E-state index is 9.93. The highest BCUT2D eigenvalue weighted by Gasteiger charge is 2.18. The molecule has 1 unspecified atom stereocenters. The molecule has 114 valence electrons. The third-order valence-electron chi connectivity index (χ3n) is 4.18. The molecule has 1 atom stereocenters. The van der Waals surface area contributed by atoms with Crippen LogP contribution in [-0.2, 0) is 0 Å². The van der Waals surface area contributed by atoms with Crippen LogP contribution in [0, 0.1) is 6.92 Å². The Labute approximate surface area is 131 Å². The Kier molecular flexibility index (Phi) is 3.94. The molecule has 0 saturated carbocycles. The molecule has 0 fully saturated rings. The van der Waals surface area contributed by atoms with Crippen LogP contribution in [0.1, 0.15) is 41.8 Å². The van der Waals surface area contributed by atoms with Crippen molar-refractivity contribution in [2.45, 2.75) is 26.4 Å². The van der Waals surface area contributed by atoms with Crippen molar-refractivity contribution in [2.75, 3.05) is 18.5 Å². The van der Waals surface area contributed by atoms with Crippen molar-refractivity contribution in [3.63, 3.8) is 0 Å². The topological polar surface area (TPSA) is 49.3 Å². The lowest BCUT2D eigenvalue weighted by Gasteiger charge is -2.28. The van der Waals surface area contributed by atoms with Crippen LogP contribution >= 0.6 is 0 Å². The summed E-state index contributed by atoms with van der Waals surface area (Å²) >= 11 is 0. The van der Waals surface area contributed by atoms with Gasteiger partial charge < -0.3 is 10.0 Å². The monoisotopic (exact) mass is 295 g/mol. The van der Waals surface area contributed by atoms with Crippen molar-refractivity contribution >= 4 is 17.3 Å². The van der Waals surface area contributed by atoms with E-state index in [1.54, 1.807) is 0 Å². The molecule has 0 aliphatic carbocycles. The number of nitrogens with zero attached hydrogens (tertiary/aromatic N) is 3. The summed E-state index contributed by atoms with van der Waals surface area (Å²) in [6.07, 6.45) is 7.97. The van der Waals surface area contributed by atoms with Gasteiger partial charge in [-0.3, -0.25) is 9.97 Å². The Morgan fingerprint density at radius 2 is 2.18 bits per heavy atom. The van der Waals surface area contributed by atoms with Crippen LogP contribution in [0.25, 0.3) is 11.6 Å². The van der Waals surface area contributed by atoms with E-state index in [4.69, 9.17) is 0 Å². The summed E-state index contributed by atoms with van der Waals surface area (Å²) in [5, 5.41) is 9.93. The number of aryl methyl sites for hydroxylation is 1. The number of hydrogen-bond donors (Lipinski definition) is 1. The fourth-order valence-corrected chi connectivity index (χ4v) is 2.90. The van der Waals surface area contributed by atoms with E-state index in [1.807, 2.05) is 37.6 Å². The molecule has 2 aromatic heterocycles. The van der Waals surface area contributed by atoms with Crippen LogP contribution < -0.4 is 4.90 Å². The van der Waals surface area contributed by atoms with Crippen molar-refractivity contribution in [1.29, 1.82) is 0 Å². The predicted molar refractivity (Wildman–Crippen MR) is 89.6 cm³/mol. The second kappa shape index (κ2) is 5.89. The van der Waals surface area contributed by atoms with Crippen LogP contribution in [-0.4, -0.2) is 28.7 Å². The van der Waals surface area contributed by atoms with Crippen molar-refractivity contribution in [1.82, 2.24) is 9.97 Å². The van der Waals surface area contributed by atoms with Crippen molar-refractivity contribution in [3.05, 3.63) is 53.1 Å². The minimum Gasteiger partial charge on any atom is -0.387 e. The zero-order valence-corrected chi connectivity index (χ0v) is 13.2. The normalized spacial score (nSPS) is 15.3. The van der Waals surface area contributed by atoms with Gasteiger partial charge in [-0.05, 0) is 42.7 Å². The summed E-state index contributed by atoms with van der Waals surface area (Å²) in [6.45, 7) is 4.87. The van der Waals surface area contributed by atoms with E-state index in [2.05, 4.69) is 34.9 Å². The van der Waals surface area contributed by atoms with Gasteiger partial charge in [0.25, 0.3) is 0 Å². The molecule has 4 nitrogen and oxygen atoms in total. The van der Waals surface area contributed by atoms with Gasteiger partial charge in [0.05, 0.1) is 11.8 Å². The van der Waals surface area contributed by atoms with Crippen LogP contribution in [0.2, 0.25) is 0 Å². The molecule has 0 spiro atoms. The highest BCUT2D eigenvalue weighted by atomic mass is 16.3. The summed E-state index contributed by atoms with van der Waals surface area (Å²) < 4.78 is 0. The largest absolute Gasteiger partial charge is 0.387 e. The molecule has 1 N–H and O–H groups in total. The zero-order chi connectivity index (χ0) is 15.7. The van der Waals surface area contributed by atoms with Gasteiger partial charge in [-0.2, -0.15) is 0 Å². The highest BCUT2D eigenvalue weighted by Crippen LogP contribution is 2.32. The Hall–Kier alpha value is -2.20. The van der Waals surface area contributed by atoms with Gasteiger partial charge in [-0.25, -0.2) is 0 Å². The van der Waals surface area contributed by atoms with Gasteiger partial charge in [-0.15, -0.1) is 0 Å². The molecule has 0 amide bonds. The fourth-order valence-electron chi connectivity index (χ4n) is 2.90. The van der Waals surface area contributed by atoms with Gasteiger partial charge in [0.15, 0.2) is 0 Å². The van der Waals surface area contributed by atoms with Crippen molar-refractivity contribution in [3.8, 4) is 0 Å². The molecule has 2 aromatic rings. The molecule has 0 bridgehead atoms. The smallest absolute Gasteiger partial charge is 0.0957 e. The fraction of sp³-hybridized carbons (Fsp3) is 0.333. The van der Waals surface area contributed by atoms with E-state index in [1.165, 1.54) is 11.3 Å². The first-order chi connectivity index (χ1) is 10.6. The maximum Gasteiger partial charge on any atom is 0.0957 e. The van der Waals surface area contributed by atoms with E-state index in [0.29, 0.717) is 6.42 Å².